The number of amides is 1. The molecule has 1 N–H and O–H groups in total. The fourth-order valence-corrected chi connectivity index (χ4v) is 1.99. The van der Waals surface area contributed by atoms with Gasteiger partial charge in [0.2, 0.25) is 0 Å². The first-order valence-electron chi connectivity index (χ1n) is 5.61. The SMILES string of the molecule is Cc1ccc(C(=O)N2CC(=O)CC2C(=O)O)cc1. The number of hydrogen-bond donors (Lipinski definition) is 1. The molecule has 1 heterocycles. The summed E-state index contributed by atoms with van der Waals surface area (Å²) < 4.78 is 0. The lowest BCUT2D eigenvalue weighted by molar-refractivity contribution is -0.141. The van der Waals surface area contributed by atoms with Gasteiger partial charge in [0.05, 0.1) is 6.54 Å². The quantitative estimate of drug-likeness (QED) is 0.841. The van der Waals surface area contributed by atoms with E-state index in [1.165, 1.54) is 0 Å². The van der Waals surface area contributed by atoms with Crippen LogP contribution in [0.2, 0.25) is 0 Å². The second-order valence-electron chi connectivity index (χ2n) is 4.40. The van der Waals surface area contributed by atoms with Crippen LogP contribution in [0, 0.1) is 6.92 Å². The normalized spacial score (nSPS) is 19.1. The molecule has 94 valence electrons. The summed E-state index contributed by atoms with van der Waals surface area (Å²) in [5, 5.41) is 9.00. The Labute approximate surface area is 104 Å². The van der Waals surface area contributed by atoms with Crippen molar-refractivity contribution >= 4 is 17.7 Å². The highest BCUT2D eigenvalue weighted by molar-refractivity contribution is 6.02. The zero-order valence-corrected chi connectivity index (χ0v) is 9.92. The highest BCUT2D eigenvalue weighted by Gasteiger charge is 2.38. The van der Waals surface area contributed by atoms with E-state index in [4.69, 9.17) is 5.11 Å². The molecule has 1 saturated heterocycles. The lowest BCUT2D eigenvalue weighted by Gasteiger charge is -2.20. The van der Waals surface area contributed by atoms with Crippen LogP contribution in [-0.4, -0.2) is 40.3 Å². The molecular formula is C13H13NO4. The van der Waals surface area contributed by atoms with Gasteiger partial charge in [-0.25, -0.2) is 4.79 Å². The summed E-state index contributed by atoms with van der Waals surface area (Å²) >= 11 is 0. The summed E-state index contributed by atoms with van der Waals surface area (Å²) in [6, 6.07) is 5.80. The molecule has 5 nitrogen and oxygen atoms in total. The van der Waals surface area contributed by atoms with Gasteiger partial charge in [-0.3, -0.25) is 9.59 Å². The van der Waals surface area contributed by atoms with Gasteiger partial charge in [-0.1, -0.05) is 17.7 Å². The molecule has 18 heavy (non-hydrogen) atoms. The number of rotatable bonds is 2. The Morgan fingerprint density at radius 3 is 2.44 bits per heavy atom. The van der Waals surface area contributed by atoms with Gasteiger partial charge in [0, 0.05) is 12.0 Å². The van der Waals surface area contributed by atoms with Gasteiger partial charge in [0.25, 0.3) is 5.91 Å². The largest absolute Gasteiger partial charge is 0.480 e. The summed E-state index contributed by atoms with van der Waals surface area (Å²) in [4.78, 5) is 35.6. The fourth-order valence-electron chi connectivity index (χ4n) is 1.99. The number of benzene rings is 1. The van der Waals surface area contributed by atoms with Crippen LogP contribution in [0.1, 0.15) is 22.3 Å². The van der Waals surface area contributed by atoms with E-state index in [0.29, 0.717) is 5.56 Å². The maximum atomic E-state index is 12.1. The van der Waals surface area contributed by atoms with E-state index < -0.39 is 17.9 Å². The third kappa shape index (κ3) is 2.25. The van der Waals surface area contributed by atoms with Crippen LogP contribution in [0.15, 0.2) is 24.3 Å². The number of aliphatic carboxylic acids is 1. The van der Waals surface area contributed by atoms with E-state index in [1.807, 2.05) is 6.92 Å². The van der Waals surface area contributed by atoms with Crippen molar-refractivity contribution in [2.45, 2.75) is 19.4 Å². The predicted octanol–water partition coefficient (Wildman–Crippen LogP) is 0.863. The van der Waals surface area contributed by atoms with Gasteiger partial charge in [-0.15, -0.1) is 0 Å². The molecule has 1 amide bonds. The Balaban J connectivity index is 2.25. The molecule has 0 aromatic heterocycles. The van der Waals surface area contributed by atoms with Crippen LogP contribution < -0.4 is 0 Å². The van der Waals surface area contributed by atoms with Gasteiger partial charge >= 0.3 is 5.97 Å². The van der Waals surface area contributed by atoms with Crippen molar-refractivity contribution in [2.24, 2.45) is 0 Å². The molecule has 0 saturated carbocycles. The number of nitrogens with zero attached hydrogens (tertiary/aromatic N) is 1. The minimum atomic E-state index is -1.14. The predicted molar refractivity (Wildman–Crippen MR) is 63.3 cm³/mol. The van der Waals surface area contributed by atoms with Gasteiger partial charge in [-0.05, 0) is 19.1 Å². The van der Waals surface area contributed by atoms with Crippen LogP contribution in [0.5, 0.6) is 0 Å². The van der Waals surface area contributed by atoms with Crippen LogP contribution >= 0.6 is 0 Å². The average molecular weight is 247 g/mol. The van der Waals surface area contributed by atoms with Crippen molar-refractivity contribution in [3.05, 3.63) is 35.4 Å². The molecule has 1 aromatic carbocycles. The van der Waals surface area contributed by atoms with Gasteiger partial charge < -0.3 is 10.0 Å². The molecule has 1 fully saturated rings. The topological polar surface area (TPSA) is 74.7 Å². The van der Waals surface area contributed by atoms with Crippen molar-refractivity contribution in [1.82, 2.24) is 4.90 Å². The summed E-state index contributed by atoms with van der Waals surface area (Å²) in [6.07, 6.45) is -0.104. The van der Waals surface area contributed by atoms with E-state index in [-0.39, 0.29) is 18.7 Å². The maximum absolute atomic E-state index is 12.1. The van der Waals surface area contributed by atoms with Crippen LogP contribution in [0.4, 0.5) is 0 Å². The minimum absolute atomic E-state index is 0.104. The van der Waals surface area contributed by atoms with Crippen molar-refractivity contribution in [1.29, 1.82) is 0 Å². The zero-order chi connectivity index (χ0) is 13.3. The molecule has 1 aromatic rings. The van der Waals surface area contributed by atoms with Crippen LogP contribution in [0.25, 0.3) is 0 Å². The smallest absolute Gasteiger partial charge is 0.326 e. The number of hydrogen-bond acceptors (Lipinski definition) is 3. The Bertz CT molecular complexity index is 506. The van der Waals surface area contributed by atoms with Crippen LogP contribution in [0.3, 0.4) is 0 Å². The second kappa shape index (κ2) is 4.60. The Morgan fingerprint density at radius 2 is 1.89 bits per heavy atom. The summed E-state index contributed by atoms with van der Waals surface area (Å²) in [6.45, 7) is 1.78. The minimum Gasteiger partial charge on any atom is -0.480 e. The van der Waals surface area contributed by atoms with E-state index in [1.54, 1.807) is 24.3 Å². The average Bonchev–Trinajstić information content (AvgIpc) is 2.71. The molecule has 1 atom stereocenters. The number of ketones is 1. The first-order chi connectivity index (χ1) is 8.49. The van der Waals surface area contributed by atoms with Crippen LogP contribution in [-0.2, 0) is 9.59 Å². The van der Waals surface area contributed by atoms with Gasteiger partial charge in [-0.2, -0.15) is 0 Å². The van der Waals surface area contributed by atoms with Crippen molar-refractivity contribution in [2.75, 3.05) is 6.54 Å². The number of carboxylic acids is 1. The molecule has 5 heteroatoms. The summed E-state index contributed by atoms with van der Waals surface area (Å²) in [5.74, 6) is -1.77. The molecular weight excluding hydrogens is 234 g/mol. The van der Waals surface area contributed by atoms with Gasteiger partial charge in [0.15, 0.2) is 5.78 Å². The molecule has 0 spiro atoms. The highest BCUT2D eigenvalue weighted by Crippen LogP contribution is 2.18. The van der Waals surface area contributed by atoms with E-state index in [0.717, 1.165) is 10.5 Å². The number of aryl methyl sites for hydroxylation is 1. The van der Waals surface area contributed by atoms with E-state index in [9.17, 15) is 14.4 Å². The monoisotopic (exact) mass is 247 g/mol. The maximum Gasteiger partial charge on any atom is 0.326 e. The summed E-state index contributed by atoms with van der Waals surface area (Å²) in [5.41, 5.74) is 1.42. The lowest BCUT2D eigenvalue weighted by Crippen LogP contribution is -2.40. The first kappa shape index (κ1) is 12.3. The highest BCUT2D eigenvalue weighted by atomic mass is 16.4. The second-order valence-corrected chi connectivity index (χ2v) is 4.40. The van der Waals surface area contributed by atoms with E-state index in [2.05, 4.69) is 0 Å². The zero-order valence-electron chi connectivity index (χ0n) is 9.92. The molecule has 1 aliphatic heterocycles. The number of likely N-dealkylation sites (tertiary alicyclic amines) is 1. The first-order valence-corrected chi connectivity index (χ1v) is 5.61. The number of carbonyl (C=O) groups excluding carboxylic acids is 2. The standard InChI is InChI=1S/C13H13NO4/c1-8-2-4-9(5-3-8)12(16)14-7-10(15)6-11(14)13(17)18/h2-5,11H,6-7H2,1H3,(H,17,18). The summed E-state index contributed by atoms with van der Waals surface area (Å²) in [7, 11) is 0. The van der Waals surface area contributed by atoms with Crippen molar-refractivity contribution in [3.8, 4) is 0 Å². The molecule has 1 unspecified atom stereocenters. The molecule has 0 bridgehead atoms. The molecule has 1 aliphatic rings. The van der Waals surface area contributed by atoms with Crippen molar-refractivity contribution < 1.29 is 19.5 Å². The number of carbonyl (C=O) groups is 3. The Hall–Kier alpha value is -2.17. The third-order valence-corrected chi connectivity index (χ3v) is 2.99. The van der Waals surface area contributed by atoms with Crippen molar-refractivity contribution in [3.63, 3.8) is 0 Å². The molecule has 0 aliphatic carbocycles. The molecule has 2 rings (SSSR count). The number of carboxylic acid groups (broad SMARTS) is 1. The fraction of sp³-hybridized carbons (Fsp3) is 0.308. The third-order valence-electron chi connectivity index (χ3n) is 2.99. The lowest BCUT2D eigenvalue weighted by atomic mass is 10.1. The van der Waals surface area contributed by atoms with Gasteiger partial charge in [0.1, 0.15) is 6.04 Å². The number of Topliss-reactive ketones (excluding diaryl/α,β-unsaturated/α-hetero) is 1. The Morgan fingerprint density at radius 1 is 1.28 bits per heavy atom. The Kier molecular flexibility index (Phi) is 3.14. The van der Waals surface area contributed by atoms with E-state index >= 15 is 0 Å². The molecule has 0 radical (unpaired) electrons.